The van der Waals surface area contributed by atoms with Crippen LogP contribution in [0.25, 0.3) is 5.69 Å². The summed E-state index contributed by atoms with van der Waals surface area (Å²) in [6.07, 6.45) is 0. The van der Waals surface area contributed by atoms with Crippen LogP contribution < -0.4 is 10.9 Å². The highest BCUT2D eigenvalue weighted by Crippen LogP contribution is 2.18. The van der Waals surface area contributed by atoms with E-state index < -0.39 is 23.6 Å². The van der Waals surface area contributed by atoms with Gasteiger partial charge in [-0.25, -0.2) is 8.78 Å². The van der Waals surface area contributed by atoms with Gasteiger partial charge in [0.25, 0.3) is 11.5 Å². The van der Waals surface area contributed by atoms with Crippen LogP contribution in [0.5, 0.6) is 0 Å². The largest absolute Gasteiger partial charge is 0.344 e. The summed E-state index contributed by atoms with van der Waals surface area (Å²) in [4.78, 5) is 24.4. The number of carbonyl (C=O) groups excluding carboxylic acids is 1. The first-order valence-corrected chi connectivity index (χ1v) is 7.87. The predicted molar refractivity (Wildman–Crippen MR) is 92.1 cm³/mol. The SMILES string of the molecule is CC(NC(=O)c1ccc(=O)n(-c2ccccc2)n1)c1ccc(F)cc1F. The average molecular weight is 355 g/mol. The van der Waals surface area contributed by atoms with Crippen LogP contribution in [0.3, 0.4) is 0 Å². The van der Waals surface area contributed by atoms with Crippen LogP contribution in [-0.4, -0.2) is 15.7 Å². The van der Waals surface area contributed by atoms with Crippen LogP contribution in [-0.2, 0) is 0 Å². The average Bonchev–Trinajstić information content (AvgIpc) is 2.62. The Labute approximate surface area is 147 Å². The second-order valence-electron chi connectivity index (χ2n) is 5.67. The van der Waals surface area contributed by atoms with Gasteiger partial charge in [0.2, 0.25) is 0 Å². The van der Waals surface area contributed by atoms with Crippen molar-refractivity contribution in [2.45, 2.75) is 13.0 Å². The minimum absolute atomic E-state index is 0.00261. The summed E-state index contributed by atoms with van der Waals surface area (Å²) in [6, 6.07) is 13.6. The molecule has 132 valence electrons. The van der Waals surface area contributed by atoms with Crippen LogP contribution in [0.2, 0.25) is 0 Å². The molecule has 0 aliphatic rings. The van der Waals surface area contributed by atoms with Gasteiger partial charge in [-0.2, -0.15) is 9.78 Å². The Bertz CT molecular complexity index is 1000. The van der Waals surface area contributed by atoms with E-state index in [1.54, 1.807) is 37.3 Å². The Morgan fingerprint density at radius 2 is 1.81 bits per heavy atom. The normalized spacial score (nSPS) is 11.8. The third-order valence-electron chi connectivity index (χ3n) is 3.81. The van der Waals surface area contributed by atoms with Gasteiger partial charge in [-0.15, -0.1) is 0 Å². The molecule has 1 aromatic heterocycles. The minimum Gasteiger partial charge on any atom is -0.344 e. The van der Waals surface area contributed by atoms with Gasteiger partial charge in [-0.1, -0.05) is 24.3 Å². The van der Waals surface area contributed by atoms with Crippen molar-refractivity contribution < 1.29 is 13.6 Å². The zero-order chi connectivity index (χ0) is 18.7. The monoisotopic (exact) mass is 355 g/mol. The van der Waals surface area contributed by atoms with Gasteiger partial charge in [-0.05, 0) is 31.2 Å². The number of carbonyl (C=O) groups is 1. The highest BCUT2D eigenvalue weighted by Gasteiger charge is 2.17. The van der Waals surface area contributed by atoms with E-state index in [9.17, 15) is 18.4 Å². The summed E-state index contributed by atoms with van der Waals surface area (Å²) in [5.74, 6) is -2.02. The Hall–Kier alpha value is -3.35. The van der Waals surface area contributed by atoms with E-state index in [4.69, 9.17) is 0 Å². The maximum absolute atomic E-state index is 13.8. The van der Waals surface area contributed by atoms with E-state index in [0.29, 0.717) is 5.69 Å². The second-order valence-corrected chi connectivity index (χ2v) is 5.67. The lowest BCUT2D eigenvalue weighted by molar-refractivity contribution is 0.0932. The number of para-hydroxylation sites is 1. The van der Waals surface area contributed by atoms with Gasteiger partial charge in [0, 0.05) is 17.7 Å². The molecule has 3 aromatic rings. The number of hydrogen-bond acceptors (Lipinski definition) is 3. The van der Waals surface area contributed by atoms with E-state index >= 15 is 0 Å². The molecule has 1 heterocycles. The molecule has 0 radical (unpaired) electrons. The predicted octanol–water partition coefficient (Wildman–Crippen LogP) is 3.00. The molecule has 26 heavy (non-hydrogen) atoms. The van der Waals surface area contributed by atoms with E-state index in [1.807, 2.05) is 0 Å². The van der Waals surface area contributed by atoms with Crippen molar-refractivity contribution in [3.63, 3.8) is 0 Å². The van der Waals surface area contributed by atoms with Gasteiger partial charge in [0.05, 0.1) is 11.7 Å². The molecule has 0 spiro atoms. The number of halogens is 2. The summed E-state index contributed by atoms with van der Waals surface area (Å²) in [5, 5.41) is 6.66. The van der Waals surface area contributed by atoms with Gasteiger partial charge in [-0.3, -0.25) is 9.59 Å². The van der Waals surface area contributed by atoms with Gasteiger partial charge in [0.15, 0.2) is 0 Å². The summed E-state index contributed by atoms with van der Waals surface area (Å²) >= 11 is 0. The zero-order valence-electron chi connectivity index (χ0n) is 13.8. The first kappa shape index (κ1) is 17.5. The minimum atomic E-state index is -0.750. The molecule has 1 N–H and O–H groups in total. The molecule has 0 aliphatic heterocycles. The molecule has 5 nitrogen and oxygen atoms in total. The fourth-order valence-corrected chi connectivity index (χ4v) is 2.49. The van der Waals surface area contributed by atoms with Crippen LogP contribution in [0.1, 0.15) is 29.0 Å². The van der Waals surface area contributed by atoms with Crippen molar-refractivity contribution in [2.75, 3.05) is 0 Å². The van der Waals surface area contributed by atoms with Crippen LogP contribution >= 0.6 is 0 Å². The molecule has 3 rings (SSSR count). The maximum Gasteiger partial charge on any atom is 0.272 e. The Balaban J connectivity index is 1.85. The summed E-state index contributed by atoms with van der Waals surface area (Å²) in [7, 11) is 0. The number of rotatable bonds is 4. The van der Waals surface area contributed by atoms with Crippen LogP contribution in [0, 0.1) is 11.6 Å². The topological polar surface area (TPSA) is 64.0 Å². The van der Waals surface area contributed by atoms with E-state index in [1.165, 1.54) is 18.2 Å². The van der Waals surface area contributed by atoms with Crippen molar-refractivity contribution in [3.05, 3.63) is 93.9 Å². The first-order valence-electron chi connectivity index (χ1n) is 7.87. The fourth-order valence-electron chi connectivity index (χ4n) is 2.49. The number of hydrogen-bond donors (Lipinski definition) is 1. The van der Waals surface area contributed by atoms with Crippen LogP contribution in [0.4, 0.5) is 8.78 Å². The quantitative estimate of drug-likeness (QED) is 0.782. The summed E-state index contributed by atoms with van der Waals surface area (Å²) < 4.78 is 28.0. The second kappa shape index (κ2) is 7.26. The zero-order valence-corrected chi connectivity index (χ0v) is 13.8. The lowest BCUT2D eigenvalue weighted by atomic mass is 10.1. The van der Waals surface area contributed by atoms with Crippen molar-refractivity contribution in [1.29, 1.82) is 0 Å². The Morgan fingerprint density at radius 3 is 2.50 bits per heavy atom. The lowest BCUT2D eigenvalue weighted by Gasteiger charge is -2.15. The standard InChI is InChI=1S/C19H15F2N3O2/c1-12(15-8-7-13(20)11-16(15)21)22-19(26)17-9-10-18(25)24(23-17)14-5-3-2-4-6-14/h2-12H,1H3,(H,22,26). The van der Waals surface area contributed by atoms with E-state index in [2.05, 4.69) is 10.4 Å². The molecule has 0 saturated carbocycles. The first-order chi connectivity index (χ1) is 12.5. The highest BCUT2D eigenvalue weighted by molar-refractivity contribution is 5.92. The van der Waals surface area contributed by atoms with Crippen molar-refractivity contribution in [3.8, 4) is 5.69 Å². The molecular weight excluding hydrogens is 340 g/mol. The highest BCUT2D eigenvalue weighted by atomic mass is 19.1. The maximum atomic E-state index is 13.8. The van der Waals surface area contributed by atoms with E-state index in [0.717, 1.165) is 16.8 Å². The van der Waals surface area contributed by atoms with Gasteiger partial charge < -0.3 is 5.32 Å². The van der Waals surface area contributed by atoms with Gasteiger partial charge >= 0.3 is 0 Å². The number of amides is 1. The Kier molecular flexibility index (Phi) is 4.88. The number of nitrogens with zero attached hydrogens (tertiary/aromatic N) is 2. The fraction of sp³-hybridized carbons (Fsp3) is 0.105. The van der Waals surface area contributed by atoms with Gasteiger partial charge in [0.1, 0.15) is 17.3 Å². The molecule has 0 aliphatic carbocycles. The van der Waals surface area contributed by atoms with Crippen LogP contribution in [0.15, 0.2) is 65.5 Å². The van der Waals surface area contributed by atoms with Crippen molar-refractivity contribution in [1.82, 2.24) is 15.1 Å². The smallest absolute Gasteiger partial charge is 0.272 e. The number of aromatic nitrogens is 2. The molecule has 0 bridgehead atoms. The summed E-state index contributed by atoms with van der Waals surface area (Å²) in [5.41, 5.74) is 0.286. The molecule has 1 unspecified atom stereocenters. The molecule has 1 atom stereocenters. The summed E-state index contributed by atoms with van der Waals surface area (Å²) in [6.45, 7) is 1.57. The van der Waals surface area contributed by atoms with Crippen molar-refractivity contribution >= 4 is 5.91 Å². The third kappa shape index (κ3) is 3.66. The number of nitrogens with one attached hydrogen (secondary N) is 1. The molecule has 0 fully saturated rings. The third-order valence-corrected chi connectivity index (χ3v) is 3.81. The Morgan fingerprint density at radius 1 is 1.08 bits per heavy atom. The van der Waals surface area contributed by atoms with Crippen molar-refractivity contribution in [2.24, 2.45) is 0 Å². The molecule has 0 saturated heterocycles. The number of benzene rings is 2. The van der Waals surface area contributed by atoms with E-state index in [-0.39, 0.29) is 16.8 Å². The molecule has 1 amide bonds. The molecular formula is C19H15F2N3O2. The molecule has 7 heteroatoms. The molecule has 2 aromatic carbocycles. The lowest BCUT2D eigenvalue weighted by Crippen LogP contribution is -2.31.